The second-order valence-electron chi connectivity index (χ2n) is 12.3. The maximum Gasteiger partial charge on any atom is 0.355 e. The van der Waals surface area contributed by atoms with Crippen LogP contribution >= 0.6 is 34.6 Å². The number of methoxy groups -OCH3 is 1. The molecule has 288 valence electrons. The number of hydrogen-bond acceptors (Lipinski definition) is 15. The van der Waals surface area contributed by atoms with Gasteiger partial charge < -0.3 is 25.4 Å². The number of hydrogen-bond donors (Lipinski definition) is 2. The molecule has 3 aromatic carbocycles. The summed E-state index contributed by atoms with van der Waals surface area (Å²) in [7, 11) is 1.23. The van der Waals surface area contributed by atoms with Crippen LogP contribution in [-0.4, -0.2) is 80.3 Å². The molecule has 1 saturated heterocycles. The van der Waals surface area contributed by atoms with Crippen molar-refractivity contribution in [2.24, 2.45) is 5.16 Å². The Labute approximate surface area is 338 Å². The normalized spacial score (nSPS) is 16.8. The Morgan fingerprint density at radius 1 is 1.00 bits per heavy atom. The third kappa shape index (κ3) is 8.25. The maximum absolute atomic E-state index is 13.7. The zero-order valence-corrected chi connectivity index (χ0v) is 32.5. The molecule has 2 atom stereocenters. The van der Waals surface area contributed by atoms with Crippen LogP contribution in [0.3, 0.4) is 0 Å². The molecule has 5 aromatic rings. The number of aromatic nitrogens is 3. The van der Waals surface area contributed by atoms with Gasteiger partial charge in [-0.2, -0.15) is 0 Å². The summed E-state index contributed by atoms with van der Waals surface area (Å²) in [5.74, 6) is -2.28. The minimum atomic E-state index is -1.36. The van der Waals surface area contributed by atoms with E-state index in [9.17, 15) is 19.2 Å². The number of nitrogens with zero attached hydrogens (tertiary/aromatic N) is 5. The number of anilines is 1. The maximum atomic E-state index is 13.7. The van der Waals surface area contributed by atoms with E-state index in [-0.39, 0.29) is 12.3 Å². The molecule has 3 N–H and O–H groups in total. The highest BCUT2D eigenvalue weighted by atomic mass is 32.2. The summed E-state index contributed by atoms with van der Waals surface area (Å²) in [5, 5.41) is 14.4. The van der Waals surface area contributed by atoms with Gasteiger partial charge >= 0.3 is 11.9 Å². The number of amides is 2. The first-order valence-electron chi connectivity index (χ1n) is 17.3. The van der Waals surface area contributed by atoms with Gasteiger partial charge in [0.15, 0.2) is 5.13 Å². The quantitative estimate of drug-likeness (QED) is 0.0374. The van der Waals surface area contributed by atoms with Crippen LogP contribution in [0.1, 0.15) is 22.4 Å². The van der Waals surface area contributed by atoms with Gasteiger partial charge in [-0.15, -0.1) is 28.2 Å². The molecule has 14 nitrogen and oxygen atoms in total. The molecular weight excluding hydrogens is 787 g/mol. The smallest absolute Gasteiger partial charge is 0.355 e. The van der Waals surface area contributed by atoms with Gasteiger partial charge in [-0.3, -0.25) is 14.5 Å². The number of esters is 2. The molecule has 1 fully saturated rings. The Morgan fingerprint density at radius 2 is 1.72 bits per heavy atom. The number of nitrogen functional groups attached to an aromatic ring is 1. The third-order valence-corrected chi connectivity index (χ3v) is 11.4. The van der Waals surface area contributed by atoms with Crippen molar-refractivity contribution in [3.63, 3.8) is 0 Å². The first-order chi connectivity index (χ1) is 27.8. The molecule has 2 aliphatic heterocycles. The lowest BCUT2D eigenvalue weighted by atomic mass is 9.78. The predicted molar refractivity (Wildman–Crippen MR) is 217 cm³/mol. The number of benzene rings is 3. The number of carbonyl (C=O) groups is 4. The van der Waals surface area contributed by atoms with E-state index in [1.807, 2.05) is 90.3 Å². The Morgan fingerprint density at radius 3 is 2.39 bits per heavy atom. The van der Waals surface area contributed by atoms with E-state index in [1.165, 1.54) is 52.7 Å². The minimum absolute atomic E-state index is 0.0215. The number of carbonyl (C=O) groups excluding carboxylic acids is 4. The van der Waals surface area contributed by atoms with Gasteiger partial charge in [0.05, 0.1) is 18.5 Å². The lowest BCUT2D eigenvalue weighted by molar-refractivity contribution is -0.152. The molecule has 2 unspecified atom stereocenters. The van der Waals surface area contributed by atoms with Crippen LogP contribution in [0.15, 0.2) is 130 Å². The second kappa shape index (κ2) is 17.6. The standard InChI is InChI=1S/C40H33N7O7S3/c1-52-33(49)17-10-20-53-38(51)35-25(18-19-28-23-57-46-45-28)22-55-37-34(36(50)47(35)37)44-32(48)21-42-54-40(26-11-4-2-5-12-26,27-13-6-3-7-14-27)30-16-9-8-15-29(30)31-24-56-39(41)43-31/h2-19,21,23-24,34,37H,20,22H2,1H3,(H2,41,43)(H,44,48)/b17-10+,19-18-,42-21+. The van der Waals surface area contributed by atoms with Crippen molar-refractivity contribution in [3.05, 3.63) is 148 Å². The molecule has 17 heteroatoms. The van der Waals surface area contributed by atoms with Gasteiger partial charge in [0, 0.05) is 44.8 Å². The summed E-state index contributed by atoms with van der Waals surface area (Å²) in [4.78, 5) is 64.5. The van der Waals surface area contributed by atoms with Gasteiger partial charge in [-0.05, 0) is 29.3 Å². The fraction of sp³-hybridized carbons (Fsp3) is 0.150. The van der Waals surface area contributed by atoms with Crippen LogP contribution in [0, 0.1) is 0 Å². The molecular formula is C40H33N7O7S3. The highest BCUT2D eigenvalue weighted by molar-refractivity contribution is 8.00. The first kappa shape index (κ1) is 38.8. The summed E-state index contributed by atoms with van der Waals surface area (Å²) < 4.78 is 13.8. The van der Waals surface area contributed by atoms with Crippen molar-refractivity contribution in [3.8, 4) is 11.3 Å². The van der Waals surface area contributed by atoms with Crippen molar-refractivity contribution in [1.29, 1.82) is 0 Å². The average molecular weight is 820 g/mol. The monoisotopic (exact) mass is 819 g/mol. The molecule has 0 radical (unpaired) electrons. The van der Waals surface area contributed by atoms with Gasteiger partial charge in [0.25, 0.3) is 11.8 Å². The number of thiazole rings is 1. The van der Waals surface area contributed by atoms with Gasteiger partial charge in [0.2, 0.25) is 5.60 Å². The Kier molecular flexibility index (Phi) is 12.0. The molecule has 0 aliphatic carbocycles. The molecule has 0 bridgehead atoms. The summed E-state index contributed by atoms with van der Waals surface area (Å²) in [5.41, 5.74) is 9.38. The van der Waals surface area contributed by atoms with E-state index in [2.05, 4.69) is 29.8 Å². The van der Waals surface area contributed by atoms with Gasteiger partial charge in [-0.25, -0.2) is 14.6 Å². The number of thioether (sulfide) groups is 1. The highest BCUT2D eigenvalue weighted by Crippen LogP contribution is 2.45. The van der Waals surface area contributed by atoms with Crippen LogP contribution in [0.2, 0.25) is 0 Å². The summed E-state index contributed by atoms with van der Waals surface area (Å²) in [6.07, 6.45) is 6.80. The SMILES string of the molecule is COC(=O)/C=C/COC(=O)C1=C(/C=C\c2csnn2)CSC2C(NC(=O)/C=N/OC(c3ccccc3)(c3ccccc3)c3ccccc3-c3csc(N)n3)C(=O)N12. The van der Waals surface area contributed by atoms with E-state index in [4.69, 9.17) is 15.3 Å². The van der Waals surface area contributed by atoms with E-state index < -0.39 is 40.8 Å². The van der Waals surface area contributed by atoms with E-state index in [0.717, 1.165) is 29.0 Å². The molecule has 7 rings (SSSR count). The molecule has 2 amide bonds. The lowest BCUT2D eigenvalue weighted by Crippen LogP contribution is -2.70. The van der Waals surface area contributed by atoms with Crippen molar-refractivity contribution in [1.82, 2.24) is 24.8 Å². The summed E-state index contributed by atoms with van der Waals surface area (Å²) in [6.45, 7) is -0.239. The Hall–Kier alpha value is -6.43. The summed E-state index contributed by atoms with van der Waals surface area (Å²) >= 11 is 3.86. The number of allylic oxidation sites excluding steroid dienone is 1. The number of oxime groups is 1. The van der Waals surface area contributed by atoms with Crippen molar-refractivity contribution in [2.45, 2.75) is 17.0 Å². The van der Waals surface area contributed by atoms with Gasteiger partial charge in [0.1, 0.15) is 29.9 Å². The number of rotatable bonds is 14. The highest BCUT2D eigenvalue weighted by Gasteiger charge is 2.54. The van der Waals surface area contributed by atoms with Crippen LogP contribution in [0.5, 0.6) is 0 Å². The molecule has 2 aliphatic rings. The zero-order chi connectivity index (χ0) is 39.8. The fourth-order valence-corrected chi connectivity index (χ4v) is 8.65. The van der Waals surface area contributed by atoms with Crippen LogP contribution in [0.4, 0.5) is 5.13 Å². The molecule has 57 heavy (non-hydrogen) atoms. The molecule has 0 saturated carbocycles. The van der Waals surface area contributed by atoms with Crippen molar-refractivity contribution < 1.29 is 33.5 Å². The third-order valence-electron chi connectivity index (χ3n) is 8.91. The Balaban J connectivity index is 1.14. The predicted octanol–water partition coefficient (Wildman–Crippen LogP) is 5.18. The summed E-state index contributed by atoms with van der Waals surface area (Å²) in [6, 6.07) is 25.7. The average Bonchev–Trinajstić information content (AvgIpc) is 3.94. The number of fused-ring (bicyclic) bond motifs is 1. The van der Waals surface area contributed by atoms with Gasteiger partial charge in [-0.1, -0.05) is 101 Å². The van der Waals surface area contributed by atoms with E-state index in [1.54, 1.807) is 17.5 Å². The zero-order valence-electron chi connectivity index (χ0n) is 30.1. The van der Waals surface area contributed by atoms with E-state index >= 15 is 0 Å². The number of β-lactam (4-membered cyclic amide) rings is 1. The fourth-order valence-electron chi connectivity index (χ4n) is 6.34. The van der Waals surface area contributed by atoms with Crippen LogP contribution in [0.25, 0.3) is 17.3 Å². The second-order valence-corrected chi connectivity index (χ2v) is 14.9. The van der Waals surface area contributed by atoms with Crippen molar-refractivity contribution in [2.75, 3.05) is 25.2 Å². The largest absolute Gasteiger partial charge is 0.466 e. The number of nitrogens with one attached hydrogen (secondary N) is 1. The number of ether oxygens (including phenoxy) is 2. The molecule has 2 aromatic heterocycles. The van der Waals surface area contributed by atoms with Crippen LogP contribution in [-0.2, 0) is 39.1 Å². The minimum Gasteiger partial charge on any atom is -0.466 e. The Bertz CT molecular complexity index is 2340. The van der Waals surface area contributed by atoms with Crippen LogP contribution < -0.4 is 11.1 Å². The first-order valence-corrected chi connectivity index (χ1v) is 20.0. The topological polar surface area (TPSA) is 188 Å². The number of nitrogens with two attached hydrogens (primary N) is 1. The van der Waals surface area contributed by atoms with E-state index in [0.29, 0.717) is 33.4 Å². The molecule has 4 heterocycles. The van der Waals surface area contributed by atoms with Crippen molar-refractivity contribution >= 4 is 75.8 Å². The lowest BCUT2D eigenvalue weighted by Gasteiger charge is -2.49. The molecule has 0 spiro atoms.